The third-order valence-corrected chi connectivity index (χ3v) is 6.71. The van der Waals surface area contributed by atoms with E-state index in [4.69, 9.17) is 9.72 Å². The summed E-state index contributed by atoms with van der Waals surface area (Å²) < 4.78 is 5.74. The molecule has 0 radical (unpaired) electrons. The molecule has 1 aromatic heterocycles. The van der Waals surface area contributed by atoms with Gasteiger partial charge in [0.1, 0.15) is 10.8 Å². The second-order valence-electron chi connectivity index (χ2n) is 7.84. The normalized spacial score (nSPS) is 16.1. The number of carbonyl (C=O) groups excluding carboxylic acids is 1. The van der Waals surface area contributed by atoms with Crippen LogP contribution in [0.5, 0.6) is 5.75 Å². The molecular weight excluding hydrogens is 392 g/mol. The smallest absolute Gasteiger partial charge is 0.229 e. The van der Waals surface area contributed by atoms with E-state index in [9.17, 15) is 4.79 Å². The summed E-state index contributed by atoms with van der Waals surface area (Å²) in [6.07, 6.45) is 2.42. The molecule has 1 saturated heterocycles. The van der Waals surface area contributed by atoms with Crippen LogP contribution in [0.3, 0.4) is 0 Å². The molecule has 0 N–H and O–H groups in total. The number of amides is 1. The first kappa shape index (κ1) is 20.6. The lowest BCUT2D eigenvalue weighted by Gasteiger charge is -2.25. The van der Waals surface area contributed by atoms with E-state index in [-0.39, 0.29) is 11.9 Å². The Morgan fingerprint density at radius 2 is 2.03 bits per heavy atom. The lowest BCUT2D eigenvalue weighted by molar-refractivity contribution is -0.131. The van der Waals surface area contributed by atoms with Gasteiger partial charge in [-0.15, -0.1) is 11.3 Å². The Labute approximate surface area is 182 Å². The first-order chi connectivity index (χ1) is 14.6. The van der Waals surface area contributed by atoms with Crippen molar-refractivity contribution in [2.45, 2.75) is 46.1 Å². The lowest BCUT2D eigenvalue weighted by Crippen LogP contribution is -2.32. The van der Waals surface area contributed by atoms with Gasteiger partial charge in [0.15, 0.2) is 0 Å². The fraction of sp³-hybridized carbons (Fsp3) is 0.360. The highest BCUT2D eigenvalue weighted by atomic mass is 32.1. The highest BCUT2D eigenvalue weighted by Gasteiger charge is 2.30. The van der Waals surface area contributed by atoms with Crippen LogP contribution in [0.25, 0.3) is 10.6 Å². The van der Waals surface area contributed by atoms with Gasteiger partial charge in [0.25, 0.3) is 0 Å². The molecule has 0 spiro atoms. The van der Waals surface area contributed by atoms with Crippen molar-refractivity contribution >= 4 is 17.2 Å². The third-order valence-electron chi connectivity index (χ3n) is 5.79. The summed E-state index contributed by atoms with van der Waals surface area (Å²) in [5.74, 6) is 0.993. The number of rotatable bonds is 6. The Bertz CT molecular complexity index is 1040. The number of hydrogen-bond acceptors (Lipinski definition) is 4. The Morgan fingerprint density at radius 3 is 2.83 bits per heavy atom. The second-order valence-corrected chi connectivity index (χ2v) is 8.70. The molecule has 1 unspecified atom stereocenters. The van der Waals surface area contributed by atoms with E-state index in [0.717, 1.165) is 41.4 Å². The summed E-state index contributed by atoms with van der Waals surface area (Å²) in [7, 11) is 0. The average Bonchev–Trinajstić information content (AvgIpc) is 3.40. The van der Waals surface area contributed by atoms with Gasteiger partial charge in [0.05, 0.1) is 30.3 Å². The first-order valence-electron chi connectivity index (χ1n) is 10.6. The predicted molar refractivity (Wildman–Crippen MR) is 122 cm³/mol. The zero-order valence-electron chi connectivity index (χ0n) is 17.9. The summed E-state index contributed by atoms with van der Waals surface area (Å²) in [5, 5.41) is 2.89. The fourth-order valence-corrected chi connectivity index (χ4v) is 4.93. The van der Waals surface area contributed by atoms with Gasteiger partial charge in [-0.25, -0.2) is 4.98 Å². The first-order valence-corrected chi connectivity index (χ1v) is 11.5. The molecule has 1 amide bonds. The van der Waals surface area contributed by atoms with Gasteiger partial charge in [-0.2, -0.15) is 0 Å². The van der Waals surface area contributed by atoms with Gasteiger partial charge < -0.3 is 9.64 Å². The minimum atomic E-state index is 0.158. The van der Waals surface area contributed by atoms with Gasteiger partial charge in [0.2, 0.25) is 5.91 Å². The highest BCUT2D eigenvalue weighted by Crippen LogP contribution is 2.35. The molecule has 2 aromatic carbocycles. The highest BCUT2D eigenvalue weighted by molar-refractivity contribution is 7.13. The minimum absolute atomic E-state index is 0.158. The van der Waals surface area contributed by atoms with Crippen LogP contribution in [-0.4, -0.2) is 28.9 Å². The van der Waals surface area contributed by atoms with Crippen molar-refractivity contribution < 1.29 is 9.53 Å². The quantitative estimate of drug-likeness (QED) is 0.511. The molecule has 3 aromatic rings. The largest absolute Gasteiger partial charge is 0.493 e. The number of nitrogens with zero attached hydrogens (tertiary/aromatic N) is 2. The summed E-state index contributed by atoms with van der Waals surface area (Å²) in [6.45, 7) is 7.67. The van der Waals surface area contributed by atoms with E-state index in [0.29, 0.717) is 13.0 Å². The molecular formula is C25H28N2O2S. The molecule has 5 heteroatoms. The minimum Gasteiger partial charge on any atom is -0.493 e. The number of hydrogen-bond donors (Lipinski definition) is 0. The van der Waals surface area contributed by atoms with Crippen LogP contribution in [0.1, 0.15) is 48.2 Å². The molecule has 2 heterocycles. The molecule has 1 atom stereocenters. The third kappa shape index (κ3) is 4.26. The van der Waals surface area contributed by atoms with Crippen LogP contribution in [0.15, 0.2) is 47.8 Å². The van der Waals surface area contributed by atoms with Crippen LogP contribution >= 0.6 is 11.3 Å². The topological polar surface area (TPSA) is 42.4 Å². The maximum atomic E-state index is 13.1. The molecule has 1 fully saturated rings. The SMILES string of the molecule is CCOc1ccccc1-c1nc(CC(=O)N2CCCC2c2ccc(C)c(C)c2)cs1. The van der Waals surface area contributed by atoms with Gasteiger partial charge in [0, 0.05) is 11.9 Å². The Kier molecular flexibility index (Phi) is 6.18. The number of aromatic nitrogens is 1. The van der Waals surface area contributed by atoms with E-state index in [1.54, 1.807) is 11.3 Å². The van der Waals surface area contributed by atoms with Crippen LogP contribution < -0.4 is 4.74 Å². The summed E-state index contributed by atoms with van der Waals surface area (Å²) >= 11 is 1.57. The molecule has 30 heavy (non-hydrogen) atoms. The fourth-order valence-electron chi connectivity index (χ4n) is 4.08. The van der Waals surface area contributed by atoms with Gasteiger partial charge in [-0.1, -0.05) is 30.3 Å². The molecule has 0 aliphatic carbocycles. The van der Waals surface area contributed by atoms with Crippen molar-refractivity contribution in [1.29, 1.82) is 0 Å². The molecule has 0 saturated carbocycles. The summed E-state index contributed by atoms with van der Waals surface area (Å²) in [6, 6.07) is 14.7. The van der Waals surface area contributed by atoms with Gasteiger partial charge in [-0.3, -0.25) is 4.79 Å². The van der Waals surface area contributed by atoms with E-state index in [1.165, 1.54) is 16.7 Å². The van der Waals surface area contributed by atoms with Crippen molar-refractivity contribution in [3.63, 3.8) is 0 Å². The van der Waals surface area contributed by atoms with Crippen molar-refractivity contribution in [3.05, 3.63) is 70.2 Å². The van der Waals surface area contributed by atoms with Gasteiger partial charge in [-0.05, 0) is 62.4 Å². The number of ether oxygens (including phenoxy) is 1. The maximum Gasteiger partial charge on any atom is 0.229 e. The number of thiazole rings is 1. The van der Waals surface area contributed by atoms with Crippen molar-refractivity contribution in [2.24, 2.45) is 0 Å². The average molecular weight is 421 g/mol. The summed E-state index contributed by atoms with van der Waals surface area (Å²) in [5.41, 5.74) is 5.63. The van der Waals surface area contributed by atoms with E-state index >= 15 is 0 Å². The van der Waals surface area contributed by atoms with Crippen molar-refractivity contribution in [3.8, 4) is 16.3 Å². The molecule has 4 nitrogen and oxygen atoms in total. The molecule has 1 aliphatic rings. The predicted octanol–water partition coefficient (Wildman–Crippen LogP) is 5.73. The number of benzene rings is 2. The molecule has 1 aliphatic heterocycles. The standard InChI is InChI=1S/C25H28N2O2S/c1-4-29-23-10-6-5-8-21(23)25-26-20(16-30-25)15-24(28)27-13-7-9-22(27)19-12-11-17(2)18(3)14-19/h5-6,8,10-12,14,16,22H,4,7,9,13,15H2,1-3H3. The number of carbonyl (C=O) groups is 1. The van der Waals surface area contributed by atoms with E-state index in [2.05, 4.69) is 32.0 Å². The molecule has 4 rings (SSSR count). The monoisotopic (exact) mass is 420 g/mol. The van der Waals surface area contributed by atoms with Crippen molar-refractivity contribution in [1.82, 2.24) is 9.88 Å². The van der Waals surface area contributed by atoms with E-state index in [1.807, 2.05) is 41.5 Å². The summed E-state index contributed by atoms with van der Waals surface area (Å²) in [4.78, 5) is 19.9. The van der Waals surface area contributed by atoms with E-state index < -0.39 is 0 Å². The molecule has 0 bridgehead atoms. The van der Waals surface area contributed by atoms with Gasteiger partial charge >= 0.3 is 0 Å². The number of likely N-dealkylation sites (tertiary alicyclic amines) is 1. The maximum absolute atomic E-state index is 13.1. The van der Waals surface area contributed by atoms with Crippen LogP contribution in [0.4, 0.5) is 0 Å². The molecule has 156 valence electrons. The number of para-hydroxylation sites is 1. The lowest BCUT2D eigenvalue weighted by atomic mass is 9.99. The number of aryl methyl sites for hydroxylation is 2. The Balaban J connectivity index is 1.50. The zero-order valence-corrected chi connectivity index (χ0v) is 18.7. The second kappa shape index (κ2) is 9.00. The Morgan fingerprint density at radius 1 is 1.20 bits per heavy atom. The van der Waals surface area contributed by atoms with Crippen molar-refractivity contribution in [2.75, 3.05) is 13.2 Å². The zero-order chi connectivity index (χ0) is 21.1. The van der Waals surface area contributed by atoms with Crippen LogP contribution in [0, 0.1) is 13.8 Å². The van der Waals surface area contributed by atoms with Crippen LogP contribution in [0.2, 0.25) is 0 Å². The van der Waals surface area contributed by atoms with Crippen LogP contribution in [-0.2, 0) is 11.2 Å². The Hall–Kier alpha value is -2.66.